The van der Waals surface area contributed by atoms with Crippen LogP contribution in [0.5, 0.6) is 5.75 Å². The first kappa shape index (κ1) is 35.9. The molecule has 0 aromatic heterocycles. The number of carbonyl (C=O) groups is 3. The molecule has 0 amide bonds. The van der Waals surface area contributed by atoms with Gasteiger partial charge >= 0.3 is 11.9 Å². The Hall–Kier alpha value is -4.05. The van der Waals surface area contributed by atoms with Crippen molar-refractivity contribution in [2.24, 2.45) is 17.2 Å². The van der Waals surface area contributed by atoms with Crippen LogP contribution >= 0.6 is 0 Å². The van der Waals surface area contributed by atoms with Gasteiger partial charge in [-0.2, -0.15) is 0 Å². The van der Waals surface area contributed by atoms with E-state index in [1.54, 1.807) is 54.6 Å². The smallest absolute Gasteiger partial charge is 0.335 e. The highest BCUT2D eigenvalue weighted by Gasteiger charge is 2.09. The second-order valence-corrected chi connectivity index (χ2v) is 8.46. The van der Waals surface area contributed by atoms with Gasteiger partial charge in [-0.15, -0.1) is 0 Å². The number of nitrogens with two attached hydrogens (primary N) is 3. The highest BCUT2D eigenvalue weighted by atomic mass is 16.5. The van der Waals surface area contributed by atoms with Gasteiger partial charge in [0.05, 0.1) is 12.2 Å². The summed E-state index contributed by atoms with van der Waals surface area (Å²) in [5.41, 5.74) is 18.1. The molecule has 0 fully saturated rings. The number of unbranched alkanes of at least 4 members (excludes halogenated alkanes) is 1. The zero-order chi connectivity index (χ0) is 30.0. The van der Waals surface area contributed by atoms with Crippen LogP contribution in [0.1, 0.15) is 58.9 Å². The van der Waals surface area contributed by atoms with Crippen LogP contribution in [-0.2, 0) is 11.2 Å². The third kappa shape index (κ3) is 19.1. The Morgan fingerprint density at radius 2 is 1.43 bits per heavy atom. The largest absolute Gasteiger partial charge is 0.494 e. The molecule has 0 aliphatic heterocycles. The standard InChI is InChI=1S/C10H12O2.C8H11N.C7H6O2.C6H14N2O2/c1-2-7-12-10-5-3-9(8-11)4-6-10;9-7-6-8-4-2-1-3-5-8;8-7(9)6-4-2-1-3-5-6;7-4-2-1-3-5(8)6(9)10/h3-6,8H,2,7H2,1H3;1-5H,6-7,9H2;1-5H,(H,8,9);5H,1-4,7-8H2,(H,9,10)/t;;;5-/m...0/s1. The molecular formula is C31H43N3O6. The number of benzene rings is 3. The maximum atomic E-state index is 10.3. The van der Waals surface area contributed by atoms with E-state index in [0.29, 0.717) is 24.1 Å². The van der Waals surface area contributed by atoms with E-state index in [9.17, 15) is 14.4 Å². The van der Waals surface area contributed by atoms with Crippen molar-refractivity contribution in [3.05, 3.63) is 102 Å². The number of hydrogen-bond donors (Lipinski definition) is 5. The molecule has 3 aromatic carbocycles. The van der Waals surface area contributed by atoms with E-state index in [1.165, 1.54) is 5.56 Å². The summed E-state index contributed by atoms with van der Waals surface area (Å²) in [5, 5.41) is 16.7. The van der Waals surface area contributed by atoms with Gasteiger partial charge in [-0.1, -0.05) is 61.9 Å². The molecule has 9 heteroatoms. The number of carbonyl (C=O) groups excluding carboxylic acids is 1. The van der Waals surface area contributed by atoms with Crippen molar-refractivity contribution in [3.63, 3.8) is 0 Å². The van der Waals surface area contributed by atoms with Crippen molar-refractivity contribution in [3.8, 4) is 5.75 Å². The van der Waals surface area contributed by atoms with E-state index in [1.807, 2.05) is 18.2 Å². The fraction of sp³-hybridized carbons (Fsp3) is 0.323. The number of aldehydes is 1. The average molecular weight is 554 g/mol. The van der Waals surface area contributed by atoms with Crippen molar-refractivity contribution < 1.29 is 29.3 Å². The van der Waals surface area contributed by atoms with Gasteiger partial charge in [-0.25, -0.2) is 4.79 Å². The van der Waals surface area contributed by atoms with Crippen LogP contribution in [0.4, 0.5) is 0 Å². The summed E-state index contributed by atoms with van der Waals surface area (Å²) in [5.74, 6) is -0.991. The average Bonchev–Trinajstić information content (AvgIpc) is 2.98. The molecule has 8 N–H and O–H groups in total. The summed E-state index contributed by atoms with van der Waals surface area (Å²) in [7, 11) is 0. The summed E-state index contributed by atoms with van der Waals surface area (Å²) in [6, 6.07) is 24.9. The Bertz CT molecular complexity index is 1050. The molecule has 0 heterocycles. The second-order valence-electron chi connectivity index (χ2n) is 8.46. The topological polar surface area (TPSA) is 179 Å². The lowest BCUT2D eigenvalue weighted by Crippen LogP contribution is -2.29. The number of ether oxygens (including phenoxy) is 1. The van der Waals surface area contributed by atoms with Crippen molar-refractivity contribution in [1.82, 2.24) is 0 Å². The van der Waals surface area contributed by atoms with Gasteiger partial charge in [-0.3, -0.25) is 9.59 Å². The molecule has 0 radical (unpaired) electrons. The van der Waals surface area contributed by atoms with E-state index >= 15 is 0 Å². The molecule has 40 heavy (non-hydrogen) atoms. The zero-order valence-corrected chi connectivity index (χ0v) is 23.2. The van der Waals surface area contributed by atoms with Gasteiger partial charge in [0.25, 0.3) is 0 Å². The number of rotatable bonds is 12. The molecular weight excluding hydrogens is 510 g/mol. The molecule has 1 atom stereocenters. The van der Waals surface area contributed by atoms with Crippen molar-refractivity contribution in [2.45, 2.75) is 45.1 Å². The van der Waals surface area contributed by atoms with E-state index in [4.69, 9.17) is 32.2 Å². The Morgan fingerprint density at radius 1 is 0.850 bits per heavy atom. The SMILES string of the molecule is CCCOc1ccc(C=O)cc1.NCCCC[C@H](N)C(=O)O.NCCc1ccccc1.O=C(O)c1ccccc1. The van der Waals surface area contributed by atoms with Crippen LogP contribution in [0.3, 0.4) is 0 Å². The van der Waals surface area contributed by atoms with Crippen molar-refractivity contribution >= 4 is 18.2 Å². The van der Waals surface area contributed by atoms with Crippen molar-refractivity contribution in [2.75, 3.05) is 19.7 Å². The highest BCUT2D eigenvalue weighted by molar-refractivity contribution is 5.87. The van der Waals surface area contributed by atoms with Gasteiger partial charge in [0, 0.05) is 5.56 Å². The summed E-state index contributed by atoms with van der Waals surface area (Å²) in [6.45, 7) is 4.12. The molecule has 0 saturated carbocycles. The lowest BCUT2D eigenvalue weighted by Gasteiger charge is -2.03. The van der Waals surface area contributed by atoms with E-state index < -0.39 is 18.0 Å². The third-order valence-corrected chi connectivity index (χ3v) is 5.07. The second kappa shape index (κ2) is 24.0. The van der Waals surface area contributed by atoms with E-state index in [0.717, 1.165) is 50.9 Å². The van der Waals surface area contributed by atoms with Gasteiger partial charge in [0.15, 0.2) is 0 Å². The van der Waals surface area contributed by atoms with Crippen LogP contribution in [0.15, 0.2) is 84.9 Å². The first-order valence-corrected chi connectivity index (χ1v) is 13.2. The Kier molecular flexibility index (Phi) is 21.6. The predicted molar refractivity (Wildman–Crippen MR) is 159 cm³/mol. The lowest BCUT2D eigenvalue weighted by atomic mass is 10.1. The number of carboxylic acids is 2. The quantitative estimate of drug-likeness (QED) is 0.161. The van der Waals surface area contributed by atoms with Gasteiger partial charge in [0.1, 0.15) is 18.1 Å². The fourth-order valence-electron chi connectivity index (χ4n) is 2.89. The van der Waals surface area contributed by atoms with Gasteiger partial charge < -0.3 is 32.2 Å². The van der Waals surface area contributed by atoms with Crippen LogP contribution in [0, 0.1) is 0 Å². The van der Waals surface area contributed by atoms with Crippen LogP contribution in [0.25, 0.3) is 0 Å². The van der Waals surface area contributed by atoms with Crippen LogP contribution < -0.4 is 21.9 Å². The van der Waals surface area contributed by atoms with E-state index in [-0.39, 0.29) is 0 Å². The normalized spacial score (nSPS) is 10.2. The van der Waals surface area contributed by atoms with Gasteiger partial charge in [0.2, 0.25) is 0 Å². The highest BCUT2D eigenvalue weighted by Crippen LogP contribution is 2.10. The first-order valence-electron chi connectivity index (χ1n) is 13.2. The Balaban J connectivity index is 0.000000511. The number of aliphatic carboxylic acids is 1. The first-order chi connectivity index (χ1) is 19.3. The molecule has 0 aliphatic rings. The zero-order valence-electron chi connectivity index (χ0n) is 23.2. The van der Waals surface area contributed by atoms with Crippen LogP contribution in [0.2, 0.25) is 0 Å². The molecule has 3 rings (SSSR count). The monoisotopic (exact) mass is 553 g/mol. The van der Waals surface area contributed by atoms with Crippen molar-refractivity contribution in [1.29, 1.82) is 0 Å². The molecule has 0 saturated heterocycles. The maximum Gasteiger partial charge on any atom is 0.335 e. The minimum Gasteiger partial charge on any atom is -0.494 e. The summed E-state index contributed by atoms with van der Waals surface area (Å²) in [4.78, 5) is 30.6. The third-order valence-electron chi connectivity index (χ3n) is 5.07. The minimum absolute atomic E-state index is 0.331. The minimum atomic E-state index is -0.933. The predicted octanol–water partition coefficient (Wildman–Crippen LogP) is 4.39. The molecule has 0 aliphatic carbocycles. The molecule has 9 nitrogen and oxygen atoms in total. The number of carboxylic acid groups (broad SMARTS) is 2. The Morgan fingerprint density at radius 3 is 1.85 bits per heavy atom. The lowest BCUT2D eigenvalue weighted by molar-refractivity contribution is -0.138. The number of hydrogen-bond acceptors (Lipinski definition) is 7. The summed E-state index contributed by atoms with van der Waals surface area (Å²) >= 11 is 0. The fourth-order valence-corrected chi connectivity index (χ4v) is 2.89. The van der Waals surface area contributed by atoms with Crippen LogP contribution in [-0.4, -0.2) is 54.2 Å². The molecule has 0 unspecified atom stereocenters. The molecule has 0 spiro atoms. The summed E-state index contributed by atoms with van der Waals surface area (Å²) in [6.07, 6.45) is 4.97. The van der Waals surface area contributed by atoms with E-state index in [2.05, 4.69) is 19.1 Å². The Labute approximate surface area is 237 Å². The van der Waals surface area contributed by atoms with Gasteiger partial charge in [-0.05, 0) is 80.7 Å². The molecule has 3 aromatic rings. The molecule has 218 valence electrons. The number of aromatic carboxylic acids is 1. The summed E-state index contributed by atoms with van der Waals surface area (Å²) < 4.78 is 5.34. The maximum absolute atomic E-state index is 10.3. The molecule has 0 bridgehead atoms.